The van der Waals surface area contributed by atoms with Crippen LogP contribution in [0.15, 0.2) is 60.7 Å². The van der Waals surface area contributed by atoms with Gasteiger partial charge in [0.2, 0.25) is 0 Å². The first-order valence-corrected chi connectivity index (χ1v) is 7.78. The summed E-state index contributed by atoms with van der Waals surface area (Å²) in [6.45, 7) is 6.53. The molecule has 4 heteroatoms. The molecule has 0 aromatic heterocycles. The number of phenols is 1. The Bertz CT molecular complexity index is 708. The van der Waals surface area contributed by atoms with E-state index < -0.39 is 0 Å². The van der Waals surface area contributed by atoms with Gasteiger partial charge in [-0.15, -0.1) is 0 Å². The molecule has 0 fully saturated rings. The minimum absolute atomic E-state index is 0.0347. The summed E-state index contributed by atoms with van der Waals surface area (Å²) in [7, 11) is 0. The zero-order valence-corrected chi connectivity index (χ0v) is 14.3. The van der Waals surface area contributed by atoms with E-state index in [9.17, 15) is 9.59 Å². The van der Waals surface area contributed by atoms with Crippen molar-refractivity contribution in [2.24, 2.45) is 0 Å². The highest BCUT2D eigenvalue weighted by Crippen LogP contribution is 2.19. The van der Waals surface area contributed by atoms with E-state index in [4.69, 9.17) is 5.11 Å². The van der Waals surface area contributed by atoms with Crippen LogP contribution in [0.1, 0.15) is 29.8 Å². The van der Waals surface area contributed by atoms with Gasteiger partial charge in [0.15, 0.2) is 6.29 Å². The van der Waals surface area contributed by atoms with Gasteiger partial charge in [-0.25, -0.2) is 0 Å². The lowest BCUT2D eigenvalue weighted by Crippen LogP contribution is -2.29. The molecule has 24 heavy (non-hydrogen) atoms. The monoisotopic (exact) mass is 325 g/mol. The number of anilines is 1. The number of para-hydroxylation sites is 2. The normalized spacial score (nSPS) is 9.96. The fourth-order valence-electron chi connectivity index (χ4n) is 2.13. The molecule has 0 spiro atoms. The van der Waals surface area contributed by atoms with E-state index >= 15 is 0 Å². The third-order valence-electron chi connectivity index (χ3n) is 3.36. The van der Waals surface area contributed by atoms with E-state index in [1.54, 1.807) is 35.3 Å². The zero-order valence-electron chi connectivity index (χ0n) is 14.3. The van der Waals surface area contributed by atoms with Crippen molar-refractivity contribution in [3.8, 4) is 5.75 Å². The van der Waals surface area contributed by atoms with Crippen molar-refractivity contribution in [3.05, 3.63) is 71.8 Å². The molecule has 1 amide bonds. The number of nitrogens with zero attached hydrogens (tertiary/aromatic N) is 1. The van der Waals surface area contributed by atoms with Crippen LogP contribution < -0.4 is 4.90 Å². The van der Waals surface area contributed by atoms with E-state index in [0.29, 0.717) is 18.4 Å². The van der Waals surface area contributed by atoms with Crippen LogP contribution in [0.3, 0.4) is 0 Å². The summed E-state index contributed by atoms with van der Waals surface area (Å²) in [5.74, 6) is 0.0711. The minimum atomic E-state index is 0.0347. The molecule has 0 heterocycles. The van der Waals surface area contributed by atoms with Gasteiger partial charge in [0, 0.05) is 12.2 Å². The topological polar surface area (TPSA) is 57.6 Å². The van der Waals surface area contributed by atoms with E-state index in [-0.39, 0.29) is 11.7 Å². The summed E-state index contributed by atoms with van der Waals surface area (Å²) in [6, 6.07) is 14.3. The van der Waals surface area contributed by atoms with Crippen LogP contribution in [0.2, 0.25) is 0 Å². The average molecular weight is 325 g/mol. The number of carbonyl (C=O) groups is 2. The molecule has 2 aromatic carbocycles. The van der Waals surface area contributed by atoms with Crippen LogP contribution >= 0.6 is 0 Å². The van der Waals surface area contributed by atoms with Crippen molar-refractivity contribution in [1.29, 1.82) is 0 Å². The fraction of sp³-hybridized carbons (Fsp3) is 0.200. The lowest BCUT2D eigenvalue weighted by Gasteiger charge is -2.21. The Morgan fingerprint density at radius 1 is 1.12 bits per heavy atom. The molecule has 0 bridgehead atoms. The predicted octanol–water partition coefficient (Wildman–Crippen LogP) is 4.13. The lowest BCUT2D eigenvalue weighted by atomic mass is 10.2. The Labute approximate surface area is 143 Å². The molecule has 0 radical (unpaired) electrons. The summed E-state index contributed by atoms with van der Waals surface area (Å²) in [6.07, 6.45) is 3.98. The smallest absolute Gasteiger partial charge is 0.250 e. The van der Waals surface area contributed by atoms with Crippen molar-refractivity contribution in [1.82, 2.24) is 0 Å². The van der Waals surface area contributed by atoms with Crippen molar-refractivity contribution in [2.75, 3.05) is 11.4 Å². The molecule has 4 nitrogen and oxygen atoms in total. The number of aldehydes is 1. The predicted molar refractivity (Wildman–Crippen MR) is 97.5 cm³/mol. The van der Waals surface area contributed by atoms with Gasteiger partial charge in [-0.1, -0.05) is 36.4 Å². The number of benzene rings is 2. The van der Waals surface area contributed by atoms with Gasteiger partial charge in [-0.3, -0.25) is 9.59 Å². The molecule has 2 aromatic rings. The van der Waals surface area contributed by atoms with Crippen LogP contribution in [-0.2, 0) is 4.79 Å². The van der Waals surface area contributed by atoms with Crippen LogP contribution in [0, 0.1) is 6.92 Å². The highest BCUT2D eigenvalue weighted by molar-refractivity contribution is 6.01. The number of aromatic hydroxyl groups is 1. The average Bonchev–Trinajstić information content (AvgIpc) is 2.58. The largest absolute Gasteiger partial charge is 0.507 e. The summed E-state index contributed by atoms with van der Waals surface area (Å²) in [5.41, 5.74) is 2.44. The van der Waals surface area contributed by atoms with Crippen LogP contribution in [0.4, 0.5) is 5.69 Å². The number of amides is 1. The number of aryl methyl sites for hydroxylation is 1. The molecule has 0 unspecified atom stereocenters. The number of allylic oxidation sites excluding steroid dienone is 1. The van der Waals surface area contributed by atoms with Gasteiger partial charge in [0.05, 0.1) is 5.56 Å². The second kappa shape index (κ2) is 10.0. The Kier molecular flexibility index (Phi) is 7.99. The Morgan fingerprint density at radius 2 is 1.75 bits per heavy atom. The highest BCUT2D eigenvalue weighted by atomic mass is 16.3. The van der Waals surface area contributed by atoms with Crippen molar-refractivity contribution >= 4 is 17.9 Å². The van der Waals surface area contributed by atoms with Gasteiger partial charge in [0.25, 0.3) is 5.91 Å². The number of phenolic OH excluding ortho intramolecular Hbond substituents is 1. The Morgan fingerprint density at radius 3 is 2.25 bits per heavy atom. The SMILES string of the molecule is C/C=C/C(=O)N(CC)c1ccccc1C.O=Cc1ccccc1O. The first kappa shape index (κ1) is 19.2. The van der Waals surface area contributed by atoms with Crippen LogP contribution in [0.25, 0.3) is 0 Å². The maximum Gasteiger partial charge on any atom is 0.250 e. The van der Waals surface area contributed by atoms with E-state index in [1.807, 2.05) is 45.0 Å². The number of likely N-dealkylation sites (N-methyl/N-ethyl adjacent to an activating group) is 1. The van der Waals surface area contributed by atoms with Crippen molar-refractivity contribution in [2.45, 2.75) is 20.8 Å². The number of carbonyl (C=O) groups excluding carboxylic acids is 2. The third-order valence-corrected chi connectivity index (χ3v) is 3.36. The van der Waals surface area contributed by atoms with Gasteiger partial charge in [-0.2, -0.15) is 0 Å². The highest BCUT2D eigenvalue weighted by Gasteiger charge is 2.11. The van der Waals surface area contributed by atoms with E-state index in [2.05, 4.69) is 0 Å². The first-order chi connectivity index (χ1) is 11.5. The molecule has 0 atom stereocenters. The molecule has 0 aliphatic rings. The van der Waals surface area contributed by atoms with Gasteiger partial charge in [-0.05, 0) is 50.6 Å². The van der Waals surface area contributed by atoms with Crippen LogP contribution in [-0.4, -0.2) is 23.8 Å². The quantitative estimate of drug-likeness (QED) is 0.679. The molecule has 0 saturated carbocycles. The summed E-state index contributed by atoms with van der Waals surface area (Å²) in [4.78, 5) is 23.6. The standard InChI is InChI=1S/C13H17NO.C7H6O2/c1-4-8-13(15)14(5-2)12-10-7-6-9-11(12)3;8-5-6-3-1-2-4-7(6)9/h4,6-10H,5H2,1-3H3;1-5,9H/b8-4+;. The molecule has 126 valence electrons. The van der Waals surface area contributed by atoms with Gasteiger partial charge >= 0.3 is 0 Å². The Hall–Kier alpha value is -2.88. The van der Waals surface area contributed by atoms with Gasteiger partial charge in [0.1, 0.15) is 5.75 Å². The summed E-state index contributed by atoms with van der Waals surface area (Å²) in [5, 5.41) is 8.88. The first-order valence-electron chi connectivity index (χ1n) is 7.78. The fourth-order valence-corrected chi connectivity index (χ4v) is 2.13. The van der Waals surface area contributed by atoms with Gasteiger partial charge < -0.3 is 10.0 Å². The van der Waals surface area contributed by atoms with Crippen LogP contribution in [0.5, 0.6) is 5.75 Å². The third kappa shape index (κ3) is 5.39. The number of hydrogen-bond donors (Lipinski definition) is 1. The van der Waals surface area contributed by atoms with E-state index in [0.717, 1.165) is 11.3 Å². The molecular weight excluding hydrogens is 302 g/mol. The molecule has 0 aliphatic heterocycles. The molecule has 0 aliphatic carbocycles. The second-order valence-corrected chi connectivity index (χ2v) is 5.05. The van der Waals surface area contributed by atoms with E-state index in [1.165, 1.54) is 6.07 Å². The minimum Gasteiger partial charge on any atom is -0.507 e. The summed E-state index contributed by atoms with van der Waals surface area (Å²) < 4.78 is 0. The Balaban J connectivity index is 0.000000272. The number of rotatable bonds is 4. The summed E-state index contributed by atoms with van der Waals surface area (Å²) >= 11 is 0. The zero-order chi connectivity index (χ0) is 17.9. The van der Waals surface area contributed by atoms with Crippen molar-refractivity contribution in [3.63, 3.8) is 0 Å². The lowest BCUT2D eigenvalue weighted by molar-refractivity contribution is -0.114. The molecule has 0 saturated heterocycles. The second-order valence-electron chi connectivity index (χ2n) is 5.05. The molecular formula is C20H23NO3. The molecule has 1 N–H and O–H groups in total. The van der Waals surface area contributed by atoms with Crippen molar-refractivity contribution < 1.29 is 14.7 Å². The molecule has 2 rings (SSSR count). The maximum atomic E-state index is 11.8. The number of hydrogen-bond acceptors (Lipinski definition) is 3. The maximum absolute atomic E-state index is 11.8.